The van der Waals surface area contributed by atoms with E-state index >= 15 is 0 Å². The zero-order valence-electron chi connectivity index (χ0n) is 11.4. The van der Waals surface area contributed by atoms with E-state index in [-0.39, 0.29) is 12.0 Å². The van der Waals surface area contributed by atoms with Gasteiger partial charge in [0, 0.05) is 17.1 Å². The second-order valence-corrected chi connectivity index (χ2v) is 5.69. The van der Waals surface area contributed by atoms with Crippen molar-refractivity contribution in [2.75, 3.05) is 6.54 Å². The molecule has 0 radical (unpaired) electrons. The van der Waals surface area contributed by atoms with E-state index in [0.29, 0.717) is 6.54 Å². The van der Waals surface area contributed by atoms with Crippen LogP contribution in [0.2, 0.25) is 0 Å². The number of nitrogens with one attached hydrogen (secondary N) is 1. The van der Waals surface area contributed by atoms with Crippen molar-refractivity contribution in [1.29, 1.82) is 5.26 Å². The van der Waals surface area contributed by atoms with Gasteiger partial charge in [0.2, 0.25) is 0 Å². The van der Waals surface area contributed by atoms with Crippen molar-refractivity contribution in [3.05, 3.63) is 70.2 Å². The van der Waals surface area contributed by atoms with Crippen LogP contribution in [0.5, 0.6) is 0 Å². The molecule has 2 nitrogen and oxygen atoms in total. The highest BCUT2D eigenvalue weighted by molar-refractivity contribution is 9.10. The molecular formula is C17H17BrN2. The van der Waals surface area contributed by atoms with Crippen molar-refractivity contribution >= 4 is 15.9 Å². The maximum absolute atomic E-state index is 9.31. The molecule has 0 spiro atoms. The van der Waals surface area contributed by atoms with Crippen LogP contribution in [0, 0.1) is 11.3 Å². The summed E-state index contributed by atoms with van der Waals surface area (Å²) >= 11 is 3.48. The van der Waals surface area contributed by atoms with Crippen molar-refractivity contribution < 1.29 is 0 Å². The summed E-state index contributed by atoms with van der Waals surface area (Å²) in [6.07, 6.45) is 0. The molecule has 0 fully saturated rings. The van der Waals surface area contributed by atoms with E-state index in [1.54, 1.807) is 0 Å². The first-order chi connectivity index (χ1) is 9.70. The first kappa shape index (κ1) is 14.8. The Kier molecular flexibility index (Phi) is 5.34. The highest BCUT2D eigenvalue weighted by atomic mass is 79.9. The van der Waals surface area contributed by atoms with E-state index in [0.717, 1.165) is 10.0 Å². The lowest BCUT2D eigenvalue weighted by Crippen LogP contribution is -2.24. The van der Waals surface area contributed by atoms with Gasteiger partial charge < -0.3 is 5.32 Å². The Morgan fingerprint density at radius 3 is 2.45 bits per heavy atom. The molecule has 102 valence electrons. The third-order valence-electron chi connectivity index (χ3n) is 3.33. The van der Waals surface area contributed by atoms with Crippen LogP contribution in [0.4, 0.5) is 0 Å². The summed E-state index contributed by atoms with van der Waals surface area (Å²) in [5, 5.41) is 12.7. The number of nitrogens with zero attached hydrogens (tertiary/aromatic N) is 1. The minimum Gasteiger partial charge on any atom is -0.309 e. The van der Waals surface area contributed by atoms with Gasteiger partial charge >= 0.3 is 0 Å². The van der Waals surface area contributed by atoms with Crippen LogP contribution < -0.4 is 5.32 Å². The first-order valence-corrected chi connectivity index (χ1v) is 7.43. The molecule has 0 bridgehead atoms. The van der Waals surface area contributed by atoms with Crippen LogP contribution in [-0.4, -0.2) is 6.54 Å². The summed E-state index contributed by atoms with van der Waals surface area (Å²) in [7, 11) is 0. The highest BCUT2D eigenvalue weighted by Crippen LogP contribution is 2.19. The topological polar surface area (TPSA) is 35.8 Å². The van der Waals surface area contributed by atoms with E-state index < -0.39 is 0 Å². The zero-order valence-corrected chi connectivity index (χ0v) is 13.0. The van der Waals surface area contributed by atoms with Gasteiger partial charge in [0.25, 0.3) is 0 Å². The molecular weight excluding hydrogens is 312 g/mol. The first-order valence-electron chi connectivity index (χ1n) is 6.64. The summed E-state index contributed by atoms with van der Waals surface area (Å²) in [6, 6.07) is 20.7. The van der Waals surface area contributed by atoms with Crippen LogP contribution in [0.15, 0.2) is 59.1 Å². The molecule has 2 aromatic rings. The van der Waals surface area contributed by atoms with Gasteiger partial charge in [-0.25, -0.2) is 0 Å². The predicted octanol–water partition coefficient (Wildman–Crippen LogP) is 4.41. The lowest BCUT2D eigenvalue weighted by Gasteiger charge is -2.17. The molecule has 0 amide bonds. The molecule has 0 saturated carbocycles. The number of halogens is 1. The zero-order chi connectivity index (χ0) is 14.4. The largest absolute Gasteiger partial charge is 0.309 e. The number of rotatable bonds is 5. The van der Waals surface area contributed by atoms with Crippen molar-refractivity contribution in [3.8, 4) is 6.07 Å². The van der Waals surface area contributed by atoms with Crippen LogP contribution in [0.1, 0.15) is 30.0 Å². The van der Waals surface area contributed by atoms with E-state index in [1.165, 1.54) is 5.56 Å². The quantitative estimate of drug-likeness (QED) is 0.882. The second-order valence-electron chi connectivity index (χ2n) is 4.78. The smallest absolute Gasteiger partial charge is 0.0837 e. The molecule has 0 aliphatic rings. The Morgan fingerprint density at radius 1 is 1.10 bits per heavy atom. The van der Waals surface area contributed by atoms with Crippen molar-refractivity contribution in [1.82, 2.24) is 5.32 Å². The molecule has 3 heteroatoms. The Labute approximate surface area is 128 Å². The summed E-state index contributed by atoms with van der Waals surface area (Å²) < 4.78 is 1.07. The lowest BCUT2D eigenvalue weighted by atomic mass is 10.00. The number of hydrogen-bond donors (Lipinski definition) is 1. The third kappa shape index (κ3) is 3.93. The molecule has 2 atom stereocenters. The maximum Gasteiger partial charge on any atom is 0.0837 e. The van der Waals surface area contributed by atoms with E-state index in [2.05, 4.69) is 46.4 Å². The molecule has 0 aliphatic carbocycles. The van der Waals surface area contributed by atoms with Crippen LogP contribution >= 0.6 is 15.9 Å². The fourth-order valence-corrected chi connectivity index (χ4v) is 2.53. The van der Waals surface area contributed by atoms with Gasteiger partial charge in [0.1, 0.15) is 0 Å². The van der Waals surface area contributed by atoms with E-state index in [4.69, 9.17) is 0 Å². The second kappa shape index (κ2) is 7.23. The summed E-state index contributed by atoms with van der Waals surface area (Å²) in [4.78, 5) is 0. The van der Waals surface area contributed by atoms with Crippen molar-refractivity contribution in [3.63, 3.8) is 0 Å². The van der Waals surface area contributed by atoms with Gasteiger partial charge in [0.05, 0.1) is 12.0 Å². The minimum atomic E-state index is -0.120. The normalized spacial score (nSPS) is 13.4. The predicted molar refractivity (Wildman–Crippen MR) is 85.4 cm³/mol. The molecule has 0 saturated heterocycles. The van der Waals surface area contributed by atoms with Gasteiger partial charge in [-0.1, -0.05) is 58.4 Å². The van der Waals surface area contributed by atoms with Gasteiger partial charge in [0.15, 0.2) is 0 Å². The molecule has 2 aromatic carbocycles. The summed E-state index contributed by atoms with van der Waals surface area (Å²) in [6.45, 7) is 2.76. The average Bonchev–Trinajstić information content (AvgIpc) is 2.49. The Morgan fingerprint density at radius 2 is 1.80 bits per heavy atom. The Bertz CT molecular complexity index is 589. The van der Waals surface area contributed by atoms with Crippen LogP contribution in [0.25, 0.3) is 0 Å². The fourth-order valence-electron chi connectivity index (χ4n) is 2.11. The van der Waals surface area contributed by atoms with Gasteiger partial charge in [-0.05, 0) is 30.2 Å². The molecule has 0 aromatic heterocycles. The monoisotopic (exact) mass is 328 g/mol. The fraction of sp³-hybridized carbons (Fsp3) is 0.235. The van der Waals surface area contributed by atoms with Crippen LogP contribution in [0.3, 0.4) is 0 Å². The molecule has 2 rings (SSSR count). The van der Waals surface area contributed by atoms with Crippen molar-refractivity contribution in [2.45, 2.75) is 18.9 Å². The molecule has 20 heavy (non-hydrogen) atoms. The van der Waals surface area contributed by atoms with Crippen molar-refractivity contribution in [2.24, 2.45) is 0 Å². The molecule has 2 unspecified atom stereocenters. The highest BCUT2D eigenvalue weighted by Gasteiger charge is 2.12. The van der Waals surface area contributed by atoms with E-state index in [9.17, 15) is 5.26 Å². The summed E-state index contributed by atoms with van der Waals surface area (Å²) in [5.41, 5.74) is 2.27. The standard InChI is InChI=1S/C17H17BrN2/c1-13(15-8-5-9-17(18)10-15)20-12-16(11-19)14-6-3-2-4-7-14/h2-10,13,16,20H,12H2,1H3. The average molecular weight is 329 g/mol. The van der Waals surface area contributed by atoms with Gasteiger partial charge in [-0.3, -0.25) is 0 Å². The van der Waals surface area contributed by atoms with E-state index in [1.807, 2.05) is 42.5 Å². The van der Waals surface area contributed by atoms with Crippen LogP contribution in [-0.2, 0) is 0 Å². The lowest BCUT2D eigenvalue weighted by molar-refractivity contribution is 0.558. The summed E-state index contributed by atoms with van der Waals surface area (Å²) in [5.74, 6) is -0.120. The SMILES string of the molecule is CC(NCC(C#N)c1ccccc1)c1cccc(Br)c1. The minimum absolute atomic E-state index is 0.120. The number of nitriles is 1. The number of hydrogen-bond acceptors (Lipinski definition) is 2. The molecule has 0 heterocycles. The van der Waals surface area contributed by atoms with Gasteiger partial charge in [-0.2, -0.15) is 5.26 Å². The number of benzene rings is 2. The molecule has 1 N–H and O–H groups in total. The maximum atomic E-state index is 9.31. The Balaban J connectivity index is 1.99. The Hall–Kier alpha value is -1.63. The van der Waals surface area contributed by atoms with Gasteiger partial charge in [-0.15, -0.1) is 0 Å². The third-order valence-corrected chi connectivity index (χ3v) is 3.83. The molecule has 0 aliphatic heterocycles.